The quantitative estimate of drug-likeness (QED) is 0.187. The van der Waals surface area contributed by atoms with Gasteiger partial charge in [-0.05, 0) is 79.0 Å². The first-order chi connectivity index (χ1) is 24.3. The molecule has 262 valence electrons. The number of benzene rings is 2. The Morgan fingerprint density at radius 3 is 2.46 bits per heavy atom. The third-order valence-corrected chi connectivity index (χ3v) is 10.5. The number of methoxy groups -OCH3 is 4. The summed E-state index contributed by atoms with van der Waals surface area (Å²) < 4.78 is 33.5. The van der Waals surface area contributed by atoms with Gasteiger partial charge in [-0.1, -0.05) is 6.07 Å². The standard InChI is InChI=1S/C38H41N3O9/c1-45-24-7-8-26-27-9-11-41-20-23-13-25(16-29(38(44)48-4)28(23)18-31(41)35(27)40-30(26)17-24)49-37(43)22-14-32(46-2)36(33(15-22)47-3)50-34(42)12-21-6-5-10-39-19-21/h5-8,10,14-15,17,19,23,25,28-29,31,40H,9,11-13,16,18,20H2,1-4H3. The molecule has 12 heteroatoms. The number of carbonyl (C=O) groups is 3. The first kappa shape index (κ1) is 33.4. The molecule has 12 nitrogen and oxygen atoms in total. The molecule has 1 saturated carbocycles. The number of piperidine rings is 1. The van der Waals surface area contributed by atoms with E-state index >= 15 is 0 Å². The van der Waals surface area contributed by atoms with Gasteiger partial charge in [-0.15, -0.1) is 0 Å². The smallest absolute Gasteiger partial charge is 0.338 e. The van der Waals surface area contributed by atoms with Gasteiger partial charge in [-0.3, -0.25) is 19.5 Å². The van der Waals surface area contributed by atoms with Crippen LogP contribution in [-0.4, -0.2) is 80.4 Å². The molecular formula is C38H41N3O9. The molecule has 2 aliphatic heterocycles. The summed E-state index contributed by atoms with van der Waals surface area (Å²) in [6.45, 7) is 1.70. The zero-order valence-corrected chi connectivity index (χ0v) is 28.6. The van der Waals surface area contributed by atoms with E-state index < -0.39 is 24.0 Å². The van der Waals surface area contributed by atoms with E-state index in [-0.39, 0.29) is 53.1 Å². The fourth-order valence-corrected chi connectivity index (χ4v) is 8.19. The van der Waals surface area contributed by atoms with Crippen LogP contribution in [0.3, 0.4) is 0 Å². The number of nitrogens with one attached hydrogen (secondary N) is 1. The Hall–Kier alpha value is -5.10. The second-order valence-corrected chi connectivity index (χ2v) is 13.2. The van der Waals surface area contributed by atoms with Crippen molar-refractivity contribution < 1.29 is 42.8 Å². The maximum absolute atomic E-state index is 13.6. The Balaban J connectivity index is 1.08. The second kappa shape index (κ2) is 14.0. The van der Waals surface area contributed by atoms with Crippen molar-refractivity contribution in [2.45, 2.75) is 44.2 Å². The fourth-order valence-electron chi connectivity index (χ4n) is 8.19. The monoisotopic (exact) mass is 683 g/mol. The van der Waals surface area contributed by atoms with Crippen LogP contribution >= 0.6 is 0 Å². The Labute approximate surface area is 289 Å². The van der Waals surface area contributed by atoms with E-state index in [1.165, 1.54) is 50.1 Å². The number of hydrogen-bond acceptors (Lipinski definition) is 11. The molecule has 5 atom stereocenters. The van der Waals surface area contributed by atoms with Crippen LogP contribution in [0.4, 0.5) is 0 Å². The van der Waals surface area contributed by atoms with E-state index in [9.17, 15) is 14.4 Å². The van der Waals surface area contributed by atoms with Crippen LogP contribution in [-0.2, 0) is 31.9 Å². The molecule has 2 aromatic carbocycles. The average molecular weight is 684 g/mol. The van der Waals surface area contributed by atoms with Gasteiger partial charge < -0.3 is 33.4 Å². The predicted octanol–water partition coefficient (Wildman–Crippen LogP) is 5.08. The van der Waals surface area contributed by atoms with Crippen LogP contribution in [0.1, 0.15) is 52.5 Å². The summed E-state index contributed by atoms with van der Waals surface area (Å²) in [5.41, 5.74) is 4.46. The number of nitrogens with zero attached hydrogens (tertiary/aromatic N) is 2. The molecule has 4 heterocycles. The van der Waals surface area contributed by atoms with Gasteiger partial charge in [0.15, 0.2) is 11.5 Å². The molecule has 1 N–H and O–H groups in total. The number of aromatic amines is 1. The number of rotatable bonds is 9. The third kappa shape index (κ3) is 6.35. The first-order valence-electron chi connectivity index (χ1n) is 16.9. The van der Waals surface area contributed by atoms with Crippen molar-refractivity contribution in [1.29, 1.82) is 0 Å². The molecule has 1 saturated heterocycles. The Bertz CT molecular complexity index is 1880. The summed E-state index contributed by atoms with van der Waals surface area (Å²) >= 11 is 0. The van der Waals surface area contributed by atoms with E-state index in [0.29, 0.717) is 18.4 Å². The van der Waals surface area contributed by atoms with Crippen molar-refractivity contribution in [1.82, 2.24) is 14.9 Å². The van der Waals surface area contributed by atoms with Crippen molar-refractivity contribution in [3.63, 3.8) is 0 Å². The number of pyridine rings is 1. The van der Waals surface area contributed by atoms with E-state index in [4.69, 9.17) is 28.4 Å². The number of ether oxygens (including phenoxy) is 6. The number of hydrogen-bond donors (Lipinski definition) is 1. The largest absolute Gasteiger partial charge is 0.497 e. The number of H-pyrrole nitrogens is 1. The molecule has 4 aromatic rings. The topological polar surface area (TPSA) is 139 Å². The summed E-state index contributed by atoms with van der Waals surface area (Å²) in [6, 6.07) is 12.8. The van der Waals surface area contributed by atoms with Crippen molar-refractivity contribution in [3.05, 3.63) is 77.2 Å². The summed E-state index contributed by atoms with van der Waals surface area (Å²) in [4.78, 5) is 49.9. The molecule has 0 amide bonds. The number of carbonyl (C=O) groups excluding carboxylic acids is 3. The van der Waals surface area contributed by atoms with Crippen molar-refractivity contribution in [3.8, 4) is 23.0 Å². The van der Waals surface area contributed by atoms with Crippen LogP contribution < -0.4 is 18.9 Å². The van der Waals surface area contributed by atoms with Gasteiger partial charge in [0, 0.05) is 48.1 Å². The van der Waals surface area contributed by atoms with Crippen LogP contribution in [0.25, 0.3) is 10.9 Å². The zero-order valence-electron chi connectivity index (χ0n) is 28.6. The normalized spacial score (nSPS) is 22.8. The molecule has 2 aromatic heterocycles. The molecule has 2 fully saturated rings. The molecule has 5 unspecified atom stereocenters. The molecule has 50 heavy (non-hydrogen) atoms. The number of fused-ring (bicyclic) bond motifs is 6. The minimum atomic E-state index is -0.591. The highest BCUT2D eigenvalue weighted by Crippen LogP contribution is 2.50. The lowest BCUT2D eigenvalue weighted by Crippen LogP contribution is -2.52. The molecular weight excluding hydrogens is 642 g/mol. The summed E-state index contributed by atoms with van der Waals surface area (Å²) in [5, 5.41) is 1.21. The molecule has 0 bridgehead atoms. The zero-order chi connectivity index (χ0) is 34.9. The third-order valence-electron chi connectivity index (χ3n) is 10.5. The van der Waals surface area contributed by atoms with Crippen molar-refractivity contribution >= 4 is 28.8 Å². The molecule has 3 aliphatic rings. The van der Waals surface area contributed by atoms with Crippen LogP contribution in [0.5, 0.6) is 23.0 Å². The second-order valence-electron chi connectivity index (χ2n) is 13.2. The SMILES string of the molecule is COC(=O)C1CC(OC(=O)c2cc(OC)c(OC(=O)Cc3cccnc3)c(OC)c2)CC2CN3CCc4c([nH]c5cc(OC)ccc45)C3CC21. The van der Waals surface area contributed by atoms with E-state index in [0.717, 1.165) is 37.2 Å². The van der Waals surface area contributed by atoms with E-state index in [2.05, 4.69) is 20.9 Å². The van der Waals surface area contributed by atoms with E-state index in [1.54, 1.807) is 31.6 Å². The average Bonchev–Trinajstić information content (AvgIpc) is 3.52. The van der Waals surface area contributed by atoms with Gasteiger partial charge in [0.1, 0.15) is 11.9 Å². The maximum atomic E-state index is 13.6. The Morgan fingerprint density at radius 2 is 1.76 bits per heavy atom. The van der Waals surface area contributed by atoms with Gasteiger partial charge in [0.2, 0.25) is 5.75 Å². The highest BCUT2D eigenvalue weighted by molar-refractivity contribution is 5.92. The molecule has 0 spiro atoms. The number of esters is 3. The Morgan fingerprint density at radius 1 is 0.960 bits per heavy atom. The minimum Gasteiger partial charge on any atom is -0.497 e. The molecule has 7 rings (SSSR count). The lowest BCUT2D eigenvalue weighted by atomic mass is 9.65. The lowest BCUT2D eigenvalue weighted by molar-refractivity contribution is -0.155. The van der Waals surface area contributed by atoms with Crippen LogP contribution in [0.15, 0.2) is 54.9 Å². The summed E-state index contributed by atoms with van der Waals surface area (Å²) in [7, 11) is 5.91. The fraction of sp³-hybridized carbons (Fsp3) is 0.421. The van der Waals surface area contributed by atoms with Gasteiger partial charge in [-0.25, -0.2) is 4.79 Å². The lowest BCUT2D eigenvalue weighted by Gasteiger charge is -2.51. The summed E-state index contributed by atoms with van der Waals surface area (Å²) in [5.74, 6) is -0.468. The van der Waals surface area contributed by atoms with Gasteiger partial charge in [-0.2, -0.15) is 0 Å². The predicted molar refractivity (Wildman–Crippen MR) is 182 cm³/mol. The molecule has 0 radical (unpaired) electrons. The van der Waals surface area contributed by atoms with Crippen LogP contribution in [0, 0.1) is 17.8 Å². The van der Waals surface area contributed by atoms with Gasteiger partial charge in [0.05, 0.1) is 52.4 Å². The highest BCUT2D eigenvalue weighted by Gasteiger charge is 2.49. The van der Waals surface area contributed by atoms with Crippen molar-refractivity contribution in [2.24, 2.45) is 17.8 Å². The van der Waals surface area contributed by atoms with Crippen LogP contribution in [0.2, 0.25) is 0 Å². The Kier molecular flexibility index (Phi) is 9.37. The minimum absolute atomic E-state index is 0.00846. The molecule has 1 aliphatic carbocycles. The van der Waals surface area contributed by atoms with Crippen molar-refractivity contribution in [2.75, 3.05) is 41.5 Å². The highest BCUT2D eigenvalue weighted by atomic mass is 16.6. The number of aromatic nitrogens is 2. The van der Waals surface area contributed by atoms with Gasteiger partial charge >= 0.3 is 17.9 Å². The van der Waals surface area contributed by atoms with Gasteiger partial charge in [0.25, 0.3) is 0 Å². The summed E-state index contributed by atoms with van der Waals surface area (Å²) in [6.07, 6.45) is 5.41. The maximum Gasteiger partial charge on any atom is 0.338 e. The van der Waals surface area contributed by atoms with E-state index in [1.807, 2.05) is 12.1 Å². The first-order valence-corrected chi connectivity index (χ1v) is 16.9.